The van der Waals surface area contributed by atoms with Crippen molar-refractivity contribution in [1.82, 2.24) is 15.2 Å². The Morgan fingerprint density at radius 2 is 1.94 bits per heavy atom. The zero-order valence-corrected chi connectivity index (χ0v) is 19.4. The molecule has 0 radical (unpaired) electrons. The largest absolute Gasteiger partial charge is 0.358 e. The molecule has 0 aliphatic heterocycles. The van der Waals surface area contributed by atoms with Gasteiger partial charge in [0.1, 0.15) is 6.07 Å². The molecule has 0 aliphatic carbocycles. The number of benzene rings is 2. The molecule has 0 saturated carbocycles. The van der Waals surface area contributed by atoms with Gasteiger partial charge in [-0.05, 0) is 43.2 Å². The number of carbonyl (C=O) groups is 2. The minimum absolute atomic E-state index is 0.0300. The second-order valence-electron chi connectivity index (χ2n) is 7.78. The Labute approximate surface area is 192 Å². The molecule has 2 aromatic carbocycles. The number of aromatic nitrogens is 1. The molecule has 172 valence electrons. The van der Waals surface area contributed by atoms with Gasteiger partial charge in [-0.3, -0.25) is 14.3 Å². The number of anilines is 1. The summed E-state index contributed by atoms with van der Waals surface area (Å²) in [6, 6.07) is 11.2. The molecule has 33 heavy (non-hydrogen) atoms. The smallest absolute Gasteiger partial charge is 0.261 e. The van der Waals surface area contributed by atoms with E-state index in [-0.39, 0.29) is 16.4 Å². The third-order valence-corrected chi connectivity index (χ3v) is 6.53. The van der Waals surface area contributed by atoms with Gasteiger partial charge in [0.2, 0.25) is 5.91 Å². The van der Waals surface area contributed by atoms with Crippen LogP contribution in [0.1, 0.15) is 34.3 Å². The van der Waals surface area contributed by atoms with Crippen LogP contribution in [0.2, 0.25) is 0 Å². The van der Waals surface area contributed by atoms with Crippen LogP contribution in [0.4, 0.5) is 5.69 Å². The van der Waals surface area contributed by atoms with Gasteiger partial charge in [0.15, 0.2) is 0 Å². The molecule has 0 atom stereocenters. The number of hydrogen-bond donors (Lipinski definition) is 3. The summed E-state index contributed by atoms with van der Waals surface area (Å²) < 4.78 is 28.6. The van der Waals surface area contributed by atoms with E-state index < -0.39 is 15.9 Å². The van der Waals surface area contributed by atoms with E-state index >= 15 is 0 Å². The summed E-state index contributed by atoms with van der Waals surface area (Å²) in [6.07, 6.45) is 2.32. The summed E-state index contributed by atoms with van der Waals surface area (Å²) in [5.74, 6) is -0.456. The first-order valence-corrected chi connectivity index (χ1v) is 11.7. The van der Waals surface area contributed by atoms with Crippen molar-refractivity contribution in [3.63, 3.8) is 0 Å². The van der Waals surface area contributed by atoms with Crippen molar-refractivity contribution in [3.8, 4) is 6.07 Å². The molecule has 0 fully saturated rings. The Morgan fingerprint density at radius 3 is 2.64 bits per heavy atom. The number of carbonyl (C=O) groups excluding carboxylic acids is 2. The van der Waals surface area contributed by atoms with Crippen LogP contribution < -0.4 is 10.0 Å². The molecule has 9 nitrogen and oxygen atoms in total. The van der Waals surface area contributed by atoms with Crippen LogP contribution in [0.3, 0.4) is 0 Å². The van der Waals surface area contributed by atoms with Crippen LogP contribution in [0.25, 0.3) is 10.9 Å². The number of nitriles is 1. The average molecular weight is 468 g/mol. The normalized spacial score (nSPS) is 11.1. The number of fused-ring (bicyclic) bond motifs is 1. The number of nitrogens with zero attached hydrogens (tertiary/aromatic N) is 2. The third-order valence-electron chi connectivity index (χ3n) is 5.17. The molecule has 0 saturated heterocycles. The summed E-state index contributed by atoms with van der Waals surface area (Å²) in [5, 5.41) is 12.6. The highest BCUT2D eigenvalue weighted by Gasteiger charge is 2.19. The molecule has 10 heteroatoms. The Morgan fingerprint density at radius 1 is 1.18 bits per heavy atom. The van der Waals surface area contributed by atoms with Crippen molar-refractivity contribution in [2.75, 3.05) is 25.4 Å². The first kappa shape index (κ1) is 23.8. The summed E-state index contributed by atoms with van der Waals surface area (Å²) in [7, 11) is -0.665. The van der Waals surface area contributed by atoms with Crippen LogP contribution in [-0.2, 0) is 14.8 Å². The van der Waals surface area contributed by atoms with Gasteiger partial charge in [0.05, 0.1) is 21.7 Å². The van der Waals surface area contributed by atoms with Gasteiger partial charge in [-0.15, -0.1) is 0 Å². The summed E-state index contributed by atoms with van der Waals surface area (Å²) in [4.78, 5) is 28.4. The lowest BCUT2D eigenvalue weighted by Crippen LogP contribution is -2.27. The van der Waals surface area contributed by atoms with Gasteiger partial charge in [-0.25, -0.2) is 8.42 Å². The maximum absolute atomic E-state index is 13.0. The predicted octanol–water partition coefficient (Wildman–Crippen LogP) is 2.75. The number of amides is 2. The molecule has 0 unspecified atom stereocenters. The fourth-order valence-electron chi connectivity index (χ4n) is 3.37. The van der Waals surface area contributed by atoms with Crippen molar-refractivity contribution >= 4 is 38.4 Å². The second kappa shape index (κ2) is 9.75. The molecule has 3 N–H and O–H groups in total. The predicted molar refractivity (Wildman–Crippen MR) is 125 cm³/mol. The van der Waals surface area contributed by atoms with Crippen LogP contribution in [0.15, 0.2) is 47.5 Å². The maximum Gasteiger partial charge on any atom is 0.261 e. The van der Waals surface area contributed by atoms with E-state index in [1.807, 2.05) is 6.92 Å². The standard InChI is InChI=1S/C23H25N5O4S/c1-15-9-10-19(22-21(15)17(13-24)14-26-22)27-33(31,32)18-7-4-6-16(12-18)23(30)25-11-5-8-20(29)28(2)3/h4,6-7,9-10,12,14,26-27H,5,8,11H2,1-3H3,(H,25,30). The molecule has 0 aliphatic rings. The minimum Gasteiger partial charge on any atom is -0.358 e. The second-order valence-corrected chi connectivity index (χ2v) is 9.46. The maximum atomic E-state index is 13.0. The van der Waals surface area contributed by atoms with Gasteiger partial charge in [-0.1, -0.05) is 12.1 Å². The Bertz CT molecular complexity index is 1350. The topological polar surface area (TPSA) is 135 Å². The molecule has 3 aromatic rings. The van der Waals surface area contributed by atoms with Gasteiger partial charge >= 0.3 is 0 Å². The molecule has 0 spiro atoms. The average Bonchev–Trinajstić information content (AvgIpc) is 3.23. The van der Waals surface area contributed by atoms with Gasteiger partial charge in [0, 0.05) is 44.2 Å². The summed E-state index contributed by atoms with van der Waals surface area (Å²) in [6.45, 7) is 2.14. The fourth-order valence-corrected chi connectivity index (χ4v) is 4.49. The molecule has 2 amide bonds. The Balaban J connectivity index is 1.76. The zero-order valence-electron chi connectivity index (χ0n) is 18.6. The first-order valence-electron chi connectivity index (χ1n) is 10.3. The van der Waals surface area contributed by atoms with Crippen LogP contribution in [0.5, 0.6) is 0 Å². The quantitative estimate of drug-likeness (QED) is 0.438. The fraction of sp³-hybridized carbons (Fsp3) is 0.261. The highest BCUT2D eigenvalue weighted by molar-refractivity contribution is 7.92. The van der Waals surface area contributed by atoms with Crippen LogP contribution >= 0.6 is 0 Å². The van der Waals surface area contributed by atoms with Gasteiger partial charge in [0.25, 0.3) is 15.9 Å². The Kier molecular flexibility index (Phi) is 7.04. The van der Waals surface area contributed by atoms with Crippen LogP contribution in [-0.4, -0.2) is 50.8 Å². The highest BCUT2D eigenvalue weighted by Crippen LogP contribution is 2.30. The minimum atomic E-state index is -4.00. The van der Waals surface area contributed by atoms with Crippen molar-refractivity contribution in [1.29, 1.82) is 5.26 Å². The Hall–Kier alpha value is -3.84. The highest BCUT2D eigenvalue weighted by atomic mass is 32.2. The van der Waals surface area contributed by atoms with Crippen LogP contribution in [0, 0.1) is 18.3 Å². The lowest BCUT2D eigenvalue weighted by molar-refractivity contribution is -0.128. The van der Waals surface area contributed by atoms with Crippen molar-refractivity contribution in [3.05, 3.63) is 59.3 Å². The SMILES string of the molecule is Cc1ccc(NS(=O)(=O)c2cccc(C(=O)NCCCC(=O)N(C)C)c2)c2[nH]cc(C#N)c12. The van der Waals surface area contributed by atoms with Crippen molar-refractivity contribution < 1.29 is 18.0 Å². The molecule has 1 aromatic heterocycles. The van der Waals surface area contributed by atoms with Gasteiger partial charge in [-0.2, -0.15) is 5.26 Å². The first-order chi connectivity index (χ1) is 15.6. The number of sulfonamides is 1. The number of hydrogen-bond acceptors (Lipinski definition) is 5. The molecule has 3 rings (SSSR count). The lowest BCUT2D eigenvalue weighted by atomic mass is 10.1. The number of nitrogens with one attached hydrogen (secondary N) is 3. The van der Waals surface area contributed by atoms with E-state index in [0.29, 0.717) is 41.5 Å². The van der Waals surface area contributed by atoms with E-state index in [4.69, 9.17) is 0 Å². The molecule has 1 heterocycles. The number of aromatic amines is 1. The van der Waals surface area contributed by atoms with Crippen molar-refractivity contribution in [2.24, 2.45) is 0 Å². The molecule has 0 bridgehead atoms. The van der Waals surface area contributed by atoms with E-state index in [0.717, 1.165) is 5.56 Å². The summed E-state index contributed by atoms with van der Waals surface area (Å²) in [5.41, 5.74) is 2.28. The monoisotopic (exact) mass is 467 g/mol. The molecular formula is C23H25N5O4S. The van der Waals surface area contributed by atoms with E-state index in [1.54, 1.807) is 26.2 Å². The summed E-state index contributed by atoms with van der Waals surface area (Å²) >= 11 is 0. The zero-order chi connectivity index (χ0) is 24.2. The van der Waals surface area contributed by atoms with E-state index in [1.165, 1.54) is 35.4 Å². The lowest BCUT2D eigenvalue weighted by Gasteiger charge is -2.12. The number of aryl methyl sites for hydroxylation is 1. The van der Waals surface area contributed by atoms with Gasteiger partial charge < -0.3 is 15.2 Å². The van der Waals surface area contributed by atoms with E-state index in [9.17, 15) is 23.3 Å². The number of rotatable bonds is 8. The third kappa shape index (κ3) is 5.32. The van der Waals surface area contributed by atoms with E-state index in [2.05, 4.69) is 21.1 Å². The molecular weight excluding hydrogens is 442 g/mol. The van der Waals surface area contributed by atoms with Crippen molar-refractivity contribution in [2.45, 2.75) is 24.7 Å². The number of H-pyrrole nitrogens is 1.